The van der Waals surface area contributed by atoms with Crippen LogP contribution in [-0.2, 0) is 19.6 Å². The molecule has 0 saturated heterocycles. The Morgan fingerprint density at radius 2 is 1.96 bits per heavy atom. The van der Waals surface area contributed by atoms with E-state index in [-0.39, 0.29) is 30.7 Å². The summed E-state index contributed by atoms with van der Waals surface area (Å²) in [6.45, 7) is 2.40. The summed E-state index contributed by atoms with van der Waals surface area (Å²) in [5, 5.41) is 7.31. The molecule has 0 aliphatic carbocycles. The molecule has 26 heavy (non-hydrogen) atoms. The van der Waals surface area contributed by atoms with Gasteiger partial charge in [0.05, 0.1) is 9.58 Å². The summed E-state index contributed by atoms with van der Waals surface area (Å²) in [6, 6.07) is 8.34. The number of carbonyl (C=O) groups excluding carboxylic acids is 1. The van der Waals surface area contributed by atoms with Gasteiger partial charge in [-0.1, -0.05) is 29.5 Å². The Hall–Kier alpha value is -1.38. The molecule has 0 unspecified atom stereocenters. The molecule has 2 aromatic heterocycles. The van der Waals surface area contributed by atoms with Gasteiger partial charge in [-0.2, -0.15) is 0 Å². The monoisotopic (exact) mass is 430 g/mol. The molecule has 9 heteroatoms. The maximum absolute atomic E-state index is 12.4. The number of aromatic nitrogens is 1. The van der Waals surface area contributed by atoms with E-state index in [0.717, 1.165) is 38.2 Å². The van der Waals surface area contributed by atoms with Crippen LogP contribution in [0.15, 0.2) is 24.3 Å². The van der Waals surface area contributed by atoms with Gasteiger partial charge >= 0.3 is 0 Å². The predicted molar refractivity (Wildman–Crippen MR) is 114 cm³/mol. The SMILES string of the molecule is CN(C)c1nc2sc(C(=O)NCc3ccc4c(c3)CNC4)cc2s1.Cl.Cl. The molecule has 3 heterocycles. The molecular formula is C17H20Cl2N4OS2. The van der Waals surface area contributed by atoms with E-state index in [4.69, 9.17) is 0 Å². The summed E-state index contributed by atoms with van der Waals surface area (Å²) in [7, 11) is 3.95. The number of thiazole rings is 1. The van der Waals surface area contributed by atoms with Crippen LogP contribution in [0.5, 0.6) is 0 Å². The Labute approximate surface area is 172 Å². The molecule has 1 aromatic carbocycles. The van der Waals surface area contributed by atoms with Crippen molar-refractivity contribution in [3.63, 3.8) is 0 Å². The molecule has 0 atom stereocenters. The number of rotatable bonds is 4. The van der Waals surface area contributed by atoms with Crippen molar-refractivity contribution in [2.24, 2.45) is 0 Å². The van der Waals surface area contributed by atoms with Crippen LogP contribution >= 0.6 is 47.5 Å². The molecule has 3 aromatic rings. The number of nitrogens with one attached hydrogen (secondary N) is 2. The van der Waals surface area contributed by atoms with Gasteiger partial charge in [0.1, 0.15) is 4.83 Å². The standard InChI is InChI=1S/C17H18N4OS2.2ClH/c1-21(2)17-20-16-14(24-17)6-13(23-16)15(22)19-7-10-3-4-11-8-18-9-12(11)5-10;;/h3-6,18H,7-9H2,1-2H3,(H,19,22);2*1H. The van der Waals surface area contributed by atoms with E-state index in [0.29, 0.717) is 6.54 Å². The first-order valence-electron chi connectivity index (χ1n) is 7.77. The van der Waals surface area contributed by atoms with Crippen LogP contribution in [0.4, 0.5) is 5.13 Å². The topological polar surface area (TPSA) is 57.3 Å². The van der Waals surface area contributed by atoms with Gasteiger partial charge in [-0.25, -0.2) is 4.98 Å². The van der Waals surface area contributed by atoms with Crippen LogP contribution < -0.4 is 15.5 Å². The molecule has 1 aliphatic rings. The third-order valence-corrected chi connectivity index (χ3v) is 6.37. The van der Waals surface area contributed by atoms with Crippen molar-refractivity contribution in [1.82, 2.24) is 15.6 Å². The maximum Gasteiger partial charge on any atom is 0.261 e. The van der Waals surface area contributed by atoms with Crippen molar-refractivity contribution < 1.29 is 4.79 Å². The second-order valence-corrected chi connectivity index (χ2v) is 8.10. The normalized spacial score (nSPS) is 12.2. The van der Waals surface area contributed by atoms with Crippen LogP contribution in [-0.4, -0.2) is 25.0 Å². The zero-order valence-corrected chi connectivity index (χ0v) is 17.6. The van der Waals surface area contributed by atoms with E-state index < -0.39 is 0 Å². The van der Waals surface area contributed by atoms with Gasteiger partial charge in [-0.3, -0.25) is 4.79 Å². The second kappa shape index (κ2) is 8.54. The summed E-state index contributed by atoms with van der Waals surface area (Å²) in [6.07, 6.45) is 0. The summed E-state index contributed by atoms with van der Waals surface area (Å²) in [4.78, 5) is 20.6. The fourth-order valence-corrected chi connectivity index (χ4v) is 4.80. The maximum atomic E-state index is 12.4. The van der Waals surface area contributed by atoms with E-state index in [1.807, 2.05) is 25.1 Å². The molecule has 0 saturated carbocycles. The van der Waals surface area contributed by atoms with E-state index in [2.05, 4.69) is 33.8 Å². The van der Waals surface area contributed by atoms with Crippen molar-refractivity contribution in [2.45, 2.75) is 19.6 Å². The molecule has 1 amide bonds. The third-order valence-electron chi connectivity index (χ3n) is 4.04. The van der Waals surface area contributed by atoms with Crippen LogP contribution in [0.3, 0.4) is 0 Å². The average Bonchev–Trinajstić information content (AvgIpc) is 3.25. The Morgan fingerprint density at radius 1 is 1.19 bits per heavy atom. The Balaban J connectivity index is 0.00000121. The van der Waals surface area contributed by atoms with Gasteiger partial charge < -0.3 is 15.5 Å². The number of anilines is 1. The summed E-state index contributed by atoms with van der Waals surface area (Å²) in [5.74, 6) is -0.0322. The van der Waals surface area contributed by atoms with E-state index in [1.54, 1.807) is 11.3 Å². The molecule has 4 rings (SSSR count). The van der Waals surface area contributed by atoms with Crippen LogP contribution in [0.1, 0.15) is 26.4 Å². The highest BCUT2D eigenvalue weighted by Crippen LogP contribution is 2.33. The summed E-state index contributed by atoms with van der Waals surface area (Å²) >= 11 is 3.06. The first-order valence-corrected chi connectivity index (χ1v) is 9.41. The minimum absolute atomic E-state index is 0. The van der Waals surface area contributed by atoms with Gasteiger partial charge in [0.15, 0.2) is 5.13 Å². The quantitative estimate of drug-likeness (QED) is 0.660. The highest BCUT2D eigenvalue weighted by molar-refractivity contribution is 7.29. The van der Waals surface area contributed by atoms with E-state index in [1.165, 1.54) is 22.5 Å². The number of nitrogens with zero attached hydrogens (tertiary/aromatic N) is 2. The van der Waals surface area contributed by atoms with Gasteiger partial charge in [0, 0.05) is 33.7 Å². The van der Waals surface area contributed by atoms with Crippen molar-refractivity contribution >= 4 is 68.1 Å². The van der Waals surface area contributed by atoms with E-state index in [9.17, 15) is 4.79 Å². The lowest BCUT2D eigenvalue weighted by atomic mass is 10.1. The smallest absolute Gasteiger partial charge is 0.261 e. The van der Waals surface area contributed by atoms with Crippen molar-refractivity contribution in [1.29, 1.82) is 0 Å². The number of carbonyl (C=O) groups is 1. The molecule has 2 N–H and O–H groups in total. The zero-order valence-electron chi connectivity index (χ0n) is 14.4. The zero-order chi connectivity index (χ0) is 16.7. The fraction of sp³-hybridized carbons (Fsp3) is 0.294. The highest BCUT2D eigenvalue weighted by Gasteiger charge is 2.15. The Kier molecular flexibility index (Phi) is 6.87. The first-order chi connectivity index (χ1) is 11.6. The van der Waals surface area contributed by atoms with Crippen LogP contribution in [0.2, 0.25) is 0 Å². The lowest BCUT2D eigenvalue weighted by Crippen LogP contribution is -2.21. The number of hydrogen-bond donors (Lipinski definition) is 2. The summed E-state index contributed by atoms with van der Waals surface area (Å²) < 4.78 is 1.07. The molecule has 5 nitrogen and oxygen atoms in total. The van der Waals surface area contributed by atoms with Gasteiger partial charge in [-0.15, -0.1) is 36.2 Å². The summed E-state index contributed by atoms with van der Waals surface area (Å²) in [5.41, 5.74) is 3.82. The minimum Gasteiger partial charge on any atom is -0.354 e. The lowest BCUT2D eigenvalue weighted by Gasteiger charge is -2.06. The van der Waals surface area contributed by atoms with Crippen molar-refractivity contribution in [3.05, 3.63) is 45.8 Å². The third kappa shape index (κ3) is 4.13. The first kappa shape index (κ1) is 20.9. The average molecular weight is 431 g/mol. The lowest BCUT2D eigenvalue weighted by molar-refractivity contribution is 0.0955. The van der Waals surface area contributed by atoms with Crippen LogP contribution in [0, 0.1) is 0 Å². The van der Waals surface area contributed by atoms with Crippen molar-refractivity contribution in [3.8, 4) is 0 Å². The fourth-order valence-electron chi connectivity index (χ4n) is 2.75. The Bertz CT molecular complexity index is 891. The number of fused-ring (bicyclic) bond motifs is 2. The number of thiophene rings is 1. The molecule has 0 spiro atoms. The largest absolute Gasteiger partial charge is 0.354 e. The molecule has 0 fully saturated rings. The highest BCUT2D eigenvalue weighted by atomic mass is 35.5. The number of amides is 1. The molecular weight excluding hydrogens is 411 g/mol. The molecule has 1 aliphatic heterocycles. The second-order valence-electron chi connectivity index (χ2n) is 6.06. The predicted octanol–water partition coefficient (Wildman–Crippen LogP) is 3.80. The number of benzene rings is 1. The number of hydrogen-bond acceptors (Lipinski definition) is 6. The Morgan fingerprint density at radius 3 is 2.69 bits per heavy atom. The van der Waals surface area contributed by atoms with Crippen LogP contribution in [0.25, 0.3) is 9.53 Å². The van der Waals surface area contributed by atoms with Gasteiger partial charge in [-0.05, 0) is 22.8 Å². The molecule has 0 bridgehead atoms. The molecule has 0 radical (unpaired) electrons. The van der Waals surface area contributed by atoms with E-state index >= 15 is 0 Å². The van der Waals surface area contributed by atoms with Gasteiger partial charge in [0.2, 0.25) is 0 Å². The number of halogens is 2. The molecule has 140 valence electrons. The minimum atomic E-state index is -0.0322. The van der Waals surface area contributed by atoms with Gasteiger partial charge in [0.25, 0.3) is 5.91 Å². The van der Waals surface area contributed by atoms with Crippen molar-refractivity contribution in [2.75, 3.05) is 19.0 Å².